The van der Waals surface area contributed by atoms with Crippen LogP contribution in [-0.2, 0) is 14.9 Å². The van der Waals surface area contributed by atoms with Crippen LogP contribution in [-0.4, -0.2) is 53.1 Å². The van der Waals surface area contributed by atoms with Gasteiger partial charge in [-0.2, -0.15) is 8.42 Å². The number of nitrogens with one attached hydrogen (secondary N) is 1. The maximum atomic E-state index is 12.3. The second-order valence-electron chi connectivity index (χ2n) is 9.11. The molecule has 1 amide bonds. The summed E-state index contributed by atoms with van der Waals surface area (Å²) in [6.07, 6.45) is 19.9. The van der Waals surface area contributed by atoms with Crippen LogP contribution in [0.4, 0.5) is 0 Å². The number of allylic oxidation sites excluding steroid dienone is 3. The Bertz CT molecular complexity index is 662. The lowest BCUT2D eigenvalue weighted by molar-refractivity contribution is -0.130. The number of unbranched alkanes of at least 4 members (excludes halogenated alkanes) is 11. The second-order valence-corrected chi connectivity index (χ2v) is 10.6. The summed E-state index contributed by atoms with van der Waals surface area (Å²) in [5, 5.41) is 22.9. The summed E-state index contributed by atoms with van der Waals surface area (Å²) >= 11 is 0. The van der Waals surface area contributed by atoms with Crippen molar-refractivity contribution in [3.05, 3.63) is 24.3 Å². The smallest absolute Gasteiger partial charge is 0.267 e. The van der Waals surface area contributed by atoms with Gasteiger partial charge in [-0.25, -0.2) is 0 Å². The number of hydrogen-bond acceptors (Lipinski definition) is 5. The van der Waals surface area contributed by atoms with Gasteiger partial charge in [-0.05, 0) is 38.5 Å². The maximum absolute atomic E-state index is 12.3. The molecule has 0 aromatic heterocycles. The Hall–Kier alpha value is -1.22. The quantitative estimate of drug-likeness (QED) is 0.0927. The molecule has 4 N–H and O–H groups in total. The minimum Gasteiger partial charge on any atom is -0.387 e. The van der Waals surface area contributed by atoms with Gasteiger partial charge in [0, 0.05) is 0 Å². The monoisotopic (exact) mass is 503 g/mol. The largest absolute Gasteiger partial charge is 0.387 e. The van der Waals surface area contributed by atoms with Gasteiger partial charge in [-0.15, -0.1) is 0 Å². The van der Waals surface area contributed by atoms with E-state index in [1.165, 1.54) is 25.3 Å². The summed E-state index contributed by atoms with van der Waals surface area (Å²) in [7, 11) is -4.42. The number of carbonyl (C=O) groups is 1. The number of hydrogen-bond donors (Lipinski definition) is 4. The lowest BCUT2D eigenvalue weighted by Crippen LogP contribution is -2.50. The van der Waals surface area contributed by atoms with Crippen molar-refractivity contribution >= 4 is 16.0 Å². The predicted octanol–water partition coefficient (Wildman–Crippen LogP) is 5.08. The third-order valence-corrected chi connectivity index (χ3v) is 6.51. The van der Waals surface area contributed by atoms with Crippen molar-refractivity contribution < 1.29 is 28.0 Å². The fourth-order valence-electron chi connectivity index (χ4n) is 3.61. The Kier molecular flexibility index (Phi) is 20.3. The molecule has 0 saturated carbocycles. The molecular weight excluding hydrogens is 454 g/mol. The molecule has 0 bridgehead atoms. The number of aliphatic hydroxyl groups excluding tert-OH is 2. The molecule has 0 aromatic rings. The van der Waals surface area contributed by atoms with Gasteiger partial charge < -0.3 is 15.5 Å². The highest BCUT2D eigenvalue weighted by Crippen LogP contribution is 2.10. The summed E-state index contributed by atoms with van der Waals surface area (Å²) in [6, 6.07) is -1.23. The lowest BCUT2D eigenvalue weighted by atomic mass is 10.1. The first-order valence-corrected chi connectivity index (χ1v) is 14.8. The molecule has 0 fully saturated rings. The maximum Gasteiger partial charge on any atom is 0.267 e. The zero-order valence-electron chi connectivity index (χ0n) is 21.3. The van der Waals surface area contributed by atoms with E-state index in [1.807, 2.05) is 0 Å². The van der Waals surface area contributed by atoms with Crippen LogP contribution in [0.2, 0.25) is 0 Å². The molecule has 7 nitrogen and oxygen atoms in total. The molecule has 3 unspecified atom stereocenters. The van der Waals surface area contributed by atoms with Crippen molar-refractivity contribution in [2.24, 2.45) is 0 Å². The zero-order chi connectivity index (χ0) is 25.7. The van der Waals surface area contributed by atoms with E-state index in [0.717, 1.165) is 64.2 Å². The minimum atomic E-state index is -4.42. The van der Waals surface area contributed by atoms with Crippen molar-refractivity contribution in [3.63, 3.8) is 0 Å². The number of carbonyl (C=O) groups excluding carboxylic acids is 1. The van der Waals surface area contributed by atoms with Gasteiger partial charge >= 0.3 is 0 Å². The van der Waals surface area contributed by atoms with E-state index in [0.29, 0.717) is 6.42 Å². The molecule has 34 heavy (non-hydrogen) atoms. The first-order chi connectivity index (χ1) is 16.2. The van der Waals surface area contributed by atoms with Crippen molar-refractivity contribution in [2.45, 2.75) is 128 Å². The second kappa shape index (κ2) is 21.1. The Morgan fingerprint density at radius 3 is 1.91 bits per heavy atom. The van der Waals surface area contributed by atoms with Gasteiger partial charge in [-0.3, -0.25) is 9.35 Å². The van der Waals surface area contributed by atoms with Crippen LogP contribution in [0.5, 0.6) is 0 Å². The Labute approximate surface area is 207 Å². The molecule has 0 aliphatic carbocycles. The summed E-state index contributed by atoms with van der Waals surface area (Å²) < 4.78 is 31.9. The molecular formula is C26H49NO6S. The average molecular weight is 504 g/mol. The molecule has 0 radical (unpaired) electrons. The topological polar surface area (TPSA) is 124 Å². The normalized spacial score (nSPS) is 15.1. The van der Waals surface area contributed by atoms with E-state index in [1.54, 1.807) is 6.08 Å². The molecule has 0 heterocycles. The Morgan fingerprint density at radius 1 is 0.794 bits per heavy atom. The SMILES string of the molecule is CCCC/C=C\CCCCCCC(O)C(=O)NC(CS(=O)(=O)O)C(O)/C=C/CCCCCCC. The van der Waals surface area contributed by atoms with Gasteiger partial charge in [0.1, 0.15) is 6.10 Å². The van der Waals surface area contributed by atoms with Crippen molar-refractivity contribution in [2.75, 3.05) is 5.75 Å². The van der Waals surface area contributed by atoms with Crippen LogP contribution in [0.3, 0.4) is 0 Å². The van der Waals surface area contributed by atoms with Crippen LogP contribution in [0, 0.1) is 0 Å². The van der Waals surface area contributed by atoms with Crippen molar-refractivity contribution in [1.82, 2.24) is 5.32 Å². The molecule has 0 aliphatic rings. The highest BCUT2D eigenvalue weighted by molar-refractivity contribution is 7.85. The third-order valence-electron chi connectivity index (χ3n) is 5.73. The fourth-order valence-corrected chi connectivity index (χ4v) is 4.34. The molecule has 200 valence electrons. The van der Waals surface area contributed by atoms with E-state index < -0.39 is 40.0 Å². The van der Waals surface area contributed by atoms with E-state index in [9.17, 15) is 28.0 Å². The molecule has 0 saturated heterocycles. The third kappa shape index (κ3) is 20.2. The predicted molar refractivity (Wildman–Crippen MR) is 139 cm³/mol. The van der Waals surface area contributed by atoms with Gasteiger partial charge in [0.2, 0.25) is 5.91 Å². The number of aliphatic hydroxyl groups is 2. The lowest BCUT2D eigenvalue weighted by Gasteiger charge is -2.22. The van der Waals surface area contributed by atoms with E-state index in [-0.39, 0.29) is 6.42 Å². The van der Waals surface area contributed by atoms with Crippen LogP contribution in [0.15, 0.2) is 24.3 Å². The first-order valence-electron chi connectivity index (χ1n) is 13.1. The van der Waals surface area contributed by atoms with Crippen LogP contribution >= 0.6 is 0 Å². The van der Waals surface area contributed by atoms with Crippen molar-refractivity contribution in [1.29, 1.82) is 0 Å². The van der Waals surface area contributed by atoms with Gasteiger partial charge in [-0.1, -0.05) is 95.9 Å². The number of rotatable bonds is 22. The number of amides is 1. The fraction of sp³-hybridized carbons (Fsp3) is 0.808. The summed E-state index contributed by atoms with van der Waals surface area (Å²) in [4.78, 5) is 12.3. The molecule has 8 heteroatoms. The van der Waals surface area contributed by atoms with Crippen LogP contribution < -0.4 is 5.32 Å². The van der Waals surface area contributed by atoms with Gasteiger partial charge in [0.05, 0.1) is 17.9 Å². The van der Waals surface area contributed by atoms with Gasteiger partial charge in [0.25, 0.3) is 10.1 Å². The molecule has 0 spiro atoms. The van der Waals surface area contributed by atoms with E-state index in [2.05, 4.69) is 31.3 Å². The van der Waals surface area contributed by atoms with E-state index >= 15 is 0 Å². The average Bonchev–Trinajstić information content (AvgIpc) is 2.78. The Morgan fingerprint density at radius 2 is 1.32 bits per heavy atom. The van der Waals surface area contributed by atoms with E-state index in [4.69, 9.17) is 0 Å². The highest BCUT2D eigenvalue weighted by atomic mass is 32.2. The molecule has 0 aliphatic heterocycles. The van der Waals surface area contributed by atoms with Crippen molar-refractivity contribution in [3.8, 4) is 0 Å². The first kappa shape index (κ1) is 32.8. The zero-order valence-corrected chi connectivity index (χ0v) is 22.1. The molecule has 0 rings (SSSR count). The molecule has 0 aromatic carbocycles. The summed E-state index contributed by atoms with van der Waals surface area (Å²) in [5.74, 6) is -1.56. The van der Waals surface area contributed by atoms with Crippen LogP contribution in [0.25, 0.3) is 0 Å². The summed E-state index contributed by atoms with van der Waals surface area (Å²) in [5.41, 5.74) is 0. The highest BCUT2D eigenvalue weighted by Gasteiger charge is 2.27. The Balaban J connectivity index is 4.38. The summed E-state index contributed by atoms with van der Waals surface area (Å²) in [6.45, 7) is 4.32. The standard InChI is InChI=1S/C26H49NO6S/c1-3-5-7-9-11-12-13-15-17-19-21-25(29)26(30)27-23(22-34(31,32)33)24(28)20-18-16-14-10-8-6-4-2/h9,11,18,20,23-25,28-29H,3-8,10,12-17,19,21-22H2,1-2H3,(H,27,30)(H,31,32,33)/b11-9-,20-18+. The van der Waals surface area contributed by atoms with Crippen LogP contribution in [0.1, 0.15) is 110 Å². The molecule has 3 atom stereocenters. The van der Waals surface area contributed by atoms with Gasteiger partial charge in [0.15, 0.2) is 0 Å². The minimum absolute atomic E-state index is 0.264.